The summed E-state index contributed by atoms with van der Waals surface area (Å²) in [6.45, 7) is 0.152. The number of hydroxylamine groups is 1. The zero-order chi connectivity index (χ0) is 12.4. The predicted octanol–water partition coefficient (Wildman–Crippen LogP) is 1.50. The summed E-state index contributed by atoms with van der Waals surface area (Å²) in [5.74, 6) is 1.85. The molecule has 0 radical (unpaired) electrons. The number of hydrogen-bond donors (Lipinski definition) is 2. The van der Waals surface area contributed by atoms with E-state index in [9.17, 15) is 5.21 Å². The van der Waals surface area contributed by atoms with Gasteiger partial charge in [-0.05, 0) is 24.3 Å². The summed E-state index contributed by atoms with van der Waals surface area (Å²) >= 11 is 0. The van der Waals surface area contributed by atoms with Crippen molar-refractivity contribution in [2.24, 2.45) is 4.99 Å². The third-order valence-corrected chi connectivity index (χ3v) is 2.56. The van der Waals surface area contributed by atoms with Crippen LogP contribution in [0.5, 0.6) is 0 Å². The molecule has 1 aliphatic heterocycles. The largest absolute Gasteiger partial charge is 0.325 e. The molecule has 0 saturated heterocycles. The average molecular weight is 241 g/mol. The van der Waals surface area contributed by atoms with Crippen LogP contribution < -0.4 is 10.4 Å². The minimum absolute atomic E-state index is 0.152. The van der Waals surface area contributed by atoms with Gasteiger partial charge in [-0.25, -0.2) is 20.0 Å². The van der Waals surface area contributed by atoms with Crippen molar-refractivity contribution < 1.29 is 5.21 Å². The van der Waals surface area contributed by atoms with E-state index in [4.69, 9.17) is 0 Å². The number of aromatic nitrogens is 2. The molecule has 6 nitrogen and oxygen atoms in total. The SMILES string of the molecule is ON1CN=C(Nc2ccccn2)c2cccnc21. The molecule has 0 bridgehead atoms. The molecule has 0 saturated carbocycles. The first-order valence-electron chi connectivity index (χ1n) is 5.49. The van der Waals surface area contributed by atoms with Gasteiger partial charge in [-0.15, -0.1) is 0 Å². The molecule has 2 N–H and O–H groups in total. The quantitative estimate of drug-likeness (QED) is 0.791. The molecule has 1 aliphatic rings. The molecular formula is C12H11N5O. The average Bonchev–Trinajstić information content (AvgIpc) is 2.44. The Morgan fingerprint density at radius 1 is 1.11 bits per heavy atom. The Morgan fingerprint density at radius 3 is 2.83 bits per heavy atom. The Hall–Kier alpha value is -2.47. The van der Waals surface area contributed by atoms with E-state index in [0.29, 0.717) is 17.5 Å². The summed E-state index contributed by atoms with van der Waals surface area (Å²) in [6, 6.07) is 9.23. The molecule has 3 rings (SSSR count). The van der Waals surface area contributed by atoms with E-state index < -0.39 is 0 Å². The fourth-order valence-corrected chi connectivity index (χ4v) is 1.74. The van der Waals surface area contributed by atoms with Crippen LogP contribution in [-0.2, 0) is 0 Å². The molecule has 6 heteroatoms. The normalized spacial score (nSPS) is 13.8. The van der Waals surface area contributed by atoms with Crippen LogP contribution in [0.3, 0.4) is 0 Å². The Kier molecular flexibility index (Phi) is 2.62. The molecule has 0 aromatic carbocycles. The molecule has 0 fully saturated rings. The molecule has 2 aromatic rings. The molecule has 3 heterocycles. The van der Waals surface area contributed by atoms with Gasteiger partial charge < -0.3 is 5.32 Å². The number of amidine groups is 1. The summed E-state index contributed by atoms with van der Waals surface area (Å²) in [7, 11) is 0. The van der Waals surface area contributed by atoms with Gasteiger partial charge in [0, 0.05) is 12.4 Å². The predicted molar refractivity (Wildman–Crippen MR) is 67.8 cm³/mol. The fourth-order valence-electron chi connectivity index (χ4n) is 1.74. The number of nitrogens with zero attached hydrogens (tertiary/aromatic N) is 4. The van der Waals surface area contributed by atoms with E-state index >= 15 is 0 Å². The summed E-state index contributed by atoms with van der Waals surface area (Å²) in [6.07, 6.45) is 3.33. The van der Waals surface area contributed by atoms with E-state index in [1.165, 1.54) is 0 Å². The molecule has 0 atom stereocenters. The fraction of sp³-hybridized carbons (Fsp3) is 0.0833. The van der Waals surface area contributed by atoms with Crippen LogP contribution in [0.15, 0.2) is 47.7 Å². The summed E-state index contributed by atoms with van der Waals surface area (Å²) < 4.78 is 0. The monoisotopic (exact) mass is 241 g/mol. The van der Waals surface area contributed by atoms with Crippen molar-refractivity contribution in [3.8, 4) is 0 Å². The second-order valence-corrected chi connectivity index (χ2v) is 3.76. The highest BCUT2D eigenvalue weighted by Crippen LogP contribution is 2.21. The van der Waals surface area contributed by atoms with Crippen molar-refractivity contribution in [2.45, 2.75) is 0 Å². The third kappa shape index (κ3) is 1.89. The number of nitrogens with one attached hydrogen (secondary N) is 1. The van der Waals surface area contributed by atoms with Crippen molar-refractivity contribution in [3.63, 3.8) is 0 Å². The zero-order valence-electron chi connectivity index (χ0n) is 9.48. The molecule has 0 spiro atoms. The summed E-state index contributed by atoms with van der Waals surface area (Å²) in [5, 5.41) is 13.8. The molecule has 0 unspecified atom stereocenters. The highest BCUT2D eigenvalue weighted by Gasteiger charge is 2.19. The van der Waals surface area contributed by atoms with Gasteiger partial charge in [0.2, 0.25) is 0 Å². The molecular weight excluding hydrogens is 230 g/mol. The molecule has 0 amide bonds. The minimum atomic E-state index is 0.152. The number of pyridine rings is 2. The van der Waals surface area contributed by atoms with Crippen molar-refractivity contribution >= 4 is 17.5 Å². The van der Waals surface area contributed by atoms with Gasteiger partial charge >= 0.3 is 0 Å². The maximum absolute atomic E-state index is 9.67. The standard InChI is InChI=1S/C12H11N5O/c18-17-8-15-11(9-4-3-7-14-12(9)17)16-10-5-1-2-6-13-10/h1-7,18H,8H2,(H,13,15,16). The van der Waals surface area contributed by atoms with Gasteiger partial charge in [-0.2, -0.15) is 0 Å². The maximum atomic E-state index is 9.67. The highest BCUT2D eigenvalue weighted by molar-refractivity contribution is 6.11. The first-order chi connectivity index (χ1) is 8.84. The Labute approximate surface area is 104 Å². The summed E-state index contributed by atoms with van der Waals surface area (Å²) in [4.78, 5) is 12.6. The van der Waals surface area contributed by atoms with Crippen LogP contribution in [0.2, 0.25) is 0 Å². The molecule has 0 aliphatic carbocycles. The second-order valence-electron chi connectivity index (χ2n) is 3.76. The number of fused-ring (bicyclic) bond motifs is 1. The maximum Gasteiger partial charge on any atom is 0.165 e. The molecule has 18 heavy (non-hydrogen) atoms. The van der Waals surface area contributed by atoms with Crippen LogP contribution in [0.4, 0.5) is 11.6 Å². The number of rotatable bonds is 1. The highest BCUT2D eigenvalue weighted by atomic mass is 16.5. The van der Waals surface area contributed by atoms with Gasteiger partial charge in [-0.3, -0.25) is 5.21 Å². The Balaban J connectivity index is 1.94. The smallest absolute Gasteiger partial charge is 0.165 e. The van der Waals surface area contributed by atoms with Crippen LogP contribution >= 0.6 is 0 Å². The van der Waals surface area contributed by atoms with Crippen LogP contribution in [0.1, 0.15) is 5.56 Å². The molecule has 2 aromatic heterocycles. The summed E-state index contributed by atoms with van der Waals surface area (Å²) in [5.41, 5.74) is 0.747. The van der Waals surface area contributed by atoms with Crippen molar-refractivity contribution in [1.82, 2.24) is 9.97 Å². The van der Waals surface area contributed by atoms with Crippen LogP contribution in [-0.4, -0.2) is 27.7 Å². The Morgan fingerprint density at radius 2 is 2.00 bits per heavy atom. The second kappa shape index (κ2) is 4.42. The van der Waals surface area contributed by atoms with Gasteiger partial charge in [0.15, 0.2) is 5.82 Å². The van der Waals surface area contributed by atoms with Crippen molar-refractivity contribution in [1.29, 1.82) is 0 Å². The van der Waals surface area contributed by atoms with Crippen molar-refractivity contribution in [2.75, 3.05) is 17.0 Å². The van der Waals surface area contributed by atoms with E-state index in [-0.39, 0.29) is 6.67 Å². The lowest BCUT2D eigenvalue weighted by Crippen LogP contribution is -2.30. The van der Waals surface area contributed by atoms with Gasteiger partial charge in [0.05, 0.1) is 5.56 Å². The van der Waals surface area contributed by atoms with Crippen LogP contribution in [0.25, 0.3) is 0 Å². The number of anilines is 2. The van der Waals surface area contributed by atoms with E-state index in [1.54, 1.807) is 18.5 Å². The number of aliphatic imine (C=N–C) groups is 1. The van der Waals surface area contributed by atoms with E-state index in [0.717, 1.165) is 10.6 Å². The lowest BCUT2D eigenvalue weighted by atomic mass is 10.2. The van der Waals surface area contributed by atoms with Gasteiger partial charge in [0.25, 0.3) is 0 Å². The Bertz CT molecular complexity index is 584. The first-order valence-corrected chi connectivity index (χ1v) is 5.49. The van der Waals surface area contributed by atoms with Gasteiger partial charge in [0.1, 0.15) is 18.3 Å². The zero-order valence-corrected chi connectivity index (χ0v) is 9.48. The lowest BCUT2D eigenvalue weighted by molar-refractivity contribution is 0.253. The van der Waals surface area contributed by atoms with E-state index in [2.05, 4.69) is 20.3 Å². The third-order valence-electron chi connectivity index (χ3n) is 2.56. The first kappa shape index (κ1) is 10.7. The van der Waals surface area contributed by atoms with Gasteiger partial charge in [-0.1, -0.05) is 6.07 Å². The van der Waals surface area contributed by atoms with Crippen LogP contribution in [0, 0.1) is 0 Å². The number of hydrogen-bond acceptors (Lipinski definition) is 6. The van der Waals surface area contributed by atoms with E-state index in [1.807, 2.05) is 24.3 Å². The minimum Gasteiger partial charge on any atom is -0.325 e. The molecule has 90 valence electrons. The topological polar surface area (TPSA) is 73.6 Å². The lowest BCUT2D eigenvalue weighted by Gasteiger charge is -2.23. The van der Waals surface area contributed by atoms with Crippen molar-refractivity contribution in [3.05, 3.63) is 48.3 Å².